The molecule has 2 heterocycles. The van der Waals surface area contributed by atoms with Crippen LogP contribution in [0.15, 0.2) is 12.3 Å². The van der Waals surface area contributed by atoms with Gasteiger partial charge in [-0.3, -0.25) is 0 Å². The van der Waals surface area contributed by atoms with Gasteiger partial charge in [0.2, 0.25) is 0 Å². The zero-order chi connectivity index (χ0) is 12.4. The fourth-order valence-corrected chi connectivity index (χ4v) is 2.78. The molecule has 1 saturated carbocycles. The van der Waals surface area contributed by atoms with Gasteiger partial charge >= 0.3 is 0 Å². The van der Waals surface area contributed by atoms with E-state index in [2.05, 4.69) is 29.4 Å². The van der Waals surface area contributed by atoms with E-state index in [1.54, 1.807) is 0 Å². The van der Waals surface area contributed by atoms with E-state index < -0.39 is 0 Å². The highest BCUT2D eigenvalue weighted by atomic mass is 15.2. The zero-order valence-electron chi connectivity index (χ0n) is 11.3. The van der Waals surface area contributed by atoms with Gasteiger partial charge in [-0.15, -0.1) is 0 Å². The maximum Gasteiger partial charge on any atom is 0.131 e. The number of pyridine rings is 1. The van der Waals surface area contributed by atoms with E-state index in [-0.39, 0.29) is 0 Å². The third kappa shape index (κ3) is 2.51. The molecule has 98 valence electrons. The summed E-state index contributed by atoms with van der Waals surface area (Å²) in [6, 6.07) is 2.42. The largest absolute Gasteiger partial charge is 0.354 e. The fraction of sp³-hybridized carbons (Fsp3) is 0.667. The number of aromatic nitrogens is 1. The molecule has 1 aromatic rings. The second-order valence-electron chi connectivity index (χ2n) is 5.51. The summed E-state index contributed by atoms with van der Waals surface area (Å²) in [5.41, 5.74) is 2.93. The number of hydrogen-bond acceptors (Lipinski definition) is 3. The Morgan fingerprint density at radius 3 is 2.78 bits per heavy atom. The van der Waals surface area contributed by atoms with Crippen molar-refractivity contribution >= 4 is 5.82 Å². The standard InChI is InChI=1S/C15H23N3/c1-2-3-13-10-14(12-4-5-12)11-17-15(13)18-8-6-16-7-9-18/h10-12,16H,2-9H2,1H3. The van der Waals surface area contributed by atoms with E-state index in [0.29, 0.717) is 0 Å². The smallest absolute Gasteiger partial charge is 0.131 e. The summed E-state index contributed by atoms with van der Waals surface area (Å²) in [5, 5.41) is 3.41. The maximum absolute atomic E-state index is 4.78. The predicted molar refractivity (Wildman–Crippen MR) is 75.3 cm³/mol. The molecule has 3 heteroatoms. The molecule has 0 unspecified atom stereocenters. The van der Waals surface area contributed by atoms with E-state index in [9.17, 15) is 0 Å². The molecule has 1 saturated heterocycles. The van der Waals surface area contributed by atoms with E-state index in [4.69, 9.17) is 4.98 Å². The van der Waals surface area contributed by atoms with Crippen LogP contribution in [0.1, 0.15) is 43.2 Å². The van der Waals surface area contributed by atoms with Gasteiger partial charge in [0, 0.05) is 32.4 Å². The summed E-state index contributed by atoms with van der Waals surface area (Å²) in [5.74, 6) is 2.05. The number of nitrogens with one attached hydrogen (secondary N) is 1. The predicted octanol–water partition coefficient (Wildman–Crippen LogP) is 2.32. The number of nitrogens with zero attached hydrogens (tertiary/aromatic N) is 2. The van der Waals surface area contributed by atoms with Crippen LogP contribution in [0.5, 0.6) is 0 Å². The Bertz CT molecular complexity index is 406. The minimum absolute atomic E-state index is 0.810. The number of rotatable bonds is 4. The van der Waals surface area contributed by atoms with Crippen molar-refractivity contribution in [2.75, 3.05) is 31.1 Å². The van der Waals surface area contributed by atoms with Crippen molar-refractivity contribution < 1.29 is 0 Å². The third-order valence-corrected chi connectivity index (χ3v) is 3.95. The maximum atomic E-state index is 4.78. The Balaban J connectivity index is 1.86. The third-order valence-electron chi connectivity index (χ3n) is 3.95. The SMILES string of the molecule is CCCc1cc(C2CC2)cnc1N1CCNCC1. The number of anilines is 1. The van der Waals surface area contributed by atoms with Crippen LogP contribution in [-0.4, -0.2) is 31.2 Å². The molecule has 1 N–H and O–H groups in total. The van der Waals surface area contributed by atoms with Crippen molar-refractivity contribution in [2.45, 2.75) is 38.5 Å². The second kappa shape index (κ2) is 5.27. The molecule has 18 heavy (non-hydrogen) atoms. The highest BCUT2D eigenvalue weighted by Gasteiger charge is 2.25. The monoisotopic (exact) mass is 245 g/mol. The molecule has 1 aromatic heterocycles. The van der Waals surface area contributed by atoms with Crippen molar-refractivity contribution in [3.05, 3.63) is 23.4 Å². The van der Waals surface area contributed by atoms with E-state index >= 15 is 0 Å². The molecular weight excluding hydrogens is 222 g/mol. The molecule has 0 amide bonds. The lowest BCUT2D eigenvalue weighted by Gasteiger charge is -2.30. The Morgan fingerprint density at radius 1 is 1.33 bits per heavy atom. The van der Waals surface area contributed by atoms with Gasteiger partial charge in [-0.05, 0) is 36.3 Å². The van der Waals surface area contributed by atoms with Gasteiger partial charge < -0.3 is 10.2 Å². The minimum atomic E-state index is 0.810. The van der Waals surface area contributed by atoms with Crippen molar-refractivity contribution in [3.63, 3.8) is 0 Å². The van der Waals surface area contributed by atoms with Gasteiger partial charge in [-0.2, -0.15) is 0 Å². The first-order chi connectivity index (χ1) is 8.88. The van der Waals surface area contributed by atoms with E-state index in [1.807, 2.05) is 0 Å². The highest BCUT2D eigenvalue weighted by molar-refractivity contribution is 5.49. The summed E-state index contributed by atoms with van der Waals surface area (Å²) < 4.78 is 0. The Morgan fingerprint density at radius 2 is 2.11 bits per heavy atom. The molecule has 0 aromatic carbocycles. The quantitative estimate of drug-likeness (QED) is 0.882. The highest BCUT2D eigenvalue weighted by Crippen LogP contribution is 2.40. The Labute approximate surface area is 110 Å². The zero-order valence-corrected chi connectivity index (χ0v) is 11.3. The van der Waals surface area contributed by atoms with Crippen molar-refractivity contribution in [1.29, 1.82) is 0 Å². The van der Waals surface area contributed by atoms with Crippen LogP contribution in [0.25, 0.3) is 0 Å². The molecule has 0 bridgehead atoms. The van der Waals surface area contributed by atoms with E-state index in [1.165, 1.54) is 36.2 Å². The topological polar surface area (TPSA) is 28.2 Å². The number of piperazine rings is 1. The molecule has 2 fully saturated rings. The molecule has 0 spiro atoms. The Kier molecular flexibility index (Phi) is 3.50. The Hall–Kier alpha value is -1.09. The van der Waals surface area contributed by atoms with Crippen LogP contribution < -0.4 is 10.2 Å². The average Bonchev–Trinajstić information content (AvgIpc) is 3.24. The number of hydrogen-bond donors (Lipinski definition) is 1. The van der Waals surface area contributed by atoms with Gasteiger partial charge in [-0.1, -0.05) is 19.4 Å². The molecule has 0 radical (unpaired) electrons. The summed E-state index contributed by atoms with van der Waals surface area (Å²) >= 11 is 0. The first-order valence-electron chi connectivity index (χ1n) is 7.33. The molecule has 1 aliphatic carbocycles. The van der Waals surface area contributed by atoms with Gasteiger partial charge in [-0.25, -0.2) is 4.98 Å². The van der Waals surface area contributed by atoms with Gasteiger partial charge in [0.15, 0.2) is 0 Å². The van der Waals surface area contributed by atoms with Crippen LogP contribution in [0.4, 0.5) is 5.82 Å². The molecule has 1 aliphatic heterocycles. The average molecular weight is 245 g/mol. The van der Waals surface area contributed by atoms with Crippen molar-refractivity contribution in [2.24, 2.45) is 0 Å². The first kappa shape index (κ1) is 12.0. The lowest BCUT2D eigenvalue weighted by molar-refractivity contribution is 0.582. The van der Waals surface area contributed by atoms with Gasteiger partial charge in [0.1, 0.15) is 5.82 Å². The summed E-state index contributed by atoms with van der Waals surface area (Å²) in [4.78, 5) is 7.22. The summed E-state index contributed by atoms with van der Waals surface area (Å²) in [6.45, 7) is 6.60. The van der Waals surface area contributed by atoms with Gasteiger partial charge in [0.05, 0.1) is 0 Å². The summed E-state index contributed by atoms with van der Waals surface area (Å²) in [7, 11) is 0. The molecule has 2 aliphatic rings. The molecule has 3 rings (SSSR count). The normalized spacial score (nSPS) is 20.2. The number of aryl methyl sites for hydroxylation is 1. The van der Waals surface area contributed by atoms with Crippen LogP contribution in [0, 0.1) is 0 Å². The molecular formula is C15H23N3. The van der Waals surface area contributed by atoms with Crippen LogP contribution >= 0.6 is 0 Å². The van der Waals surface area contributed by atoms with Crippen LogP contribution in [-0.2, 0) is 6.42 Å². The van der Waals surface area contributed by atoms with Crippen molar-refractivity contribution in [1.82, 2.24) is 10.3 Å². The fourth-order valence-electron chi connectivity index (χ4n) is 2.78. The van der Waals surface area contributed by atoms with Crippen LogP contribution in [0.2, 0.25) is 0 Å². The minimum Gasteiger partial charge on any atom is -0.354 e. The van der Waals surface area contributed by atoms with Crippen molar-refractivity contribution in [3.8, 4) is 0 Å². The molecule has 0 atom stereocenters. The summed E-state index contributed by atoms with van der Waals surface area (Å²) in [6.07, 6.45) is 7.20. The first-order valence-corrected chi connectivity index (χ1v) is 7.33. The lowest BCUT2D eigenvalue weighted by atomic mass is 10.1. The van der Waals surface area contributed by atoms with Crippen LogP contribution in [0.3, 0.4) is 0 Å². The lowest BCUT2D eigenvalue weighted by Crippen LogP contribution is -2.44. The molecule has 3 nitrogen and oxygen atoms in total. The van der Waals surface area contributed by atoms with Gasteiger partial charge in [0.25, 0.3) is 0 Å². The van der Waals surface area contributed by atoms with E-state index in [0.717, 1.165) is 38.5 Å². The second-order valence-corrected chi connectivity index (χ2v) is 5.51.